The lowest BCUT2D eigenvalue weighted by atomic mass is 9.83. The molecule has 2 aliphatic carbocycles. The number of allylic oxidation sites excluding steroid dienone is 2. The standard InChI is InChI=1S/C28H38N6O6/c35-22(27(39)32-19-12-13-19)16-30-26(38)21-11-7-15-34(21)23(36)17-31-28(40)24(18-8-3-1-4-9-18)33-25(37)20-10-5-2-6-14-29-20/h5-6,10,14,18-19,21,24H,1-4,7-9,11-13,15-17H2,(H,30,38)(H,31,40)(H,32,39)(H,33,37). The number of nitrogens with zero attached hydrogens (tertiary/aromatic N) is 2. The van der Waals surface area contributed by atoms with Crippen molar-refractivity contribution in [2.24, 2.45) is 10.9 Å². The number of carbonyl (C=O) groups excluding carboxylic acids is 6. The van der Waals surface area contributed by atoms with E-state index in [1.807, 2.05) is 12.2 Å². The molecule has 216 valence electrons. The average Bonchev–Trinajstić information content (AvgIpc) is 3.71. The SMILES string of the molecule is O=C(CNC(=O)C1CCCN1C(=O)CNC(=O)C(NC(=O)C1=NC=CCC=C1)C1CCCCC1)C(=O)NC1CC1. The molecule has 5 amide bonds. The summed E-state index contributed by atoms with van der Waals surface area (Å²) in [6, 6.07) is -1.56. The van der Waals surface area contributed by atoms with Crippen molar-refractivity contribution in [2.75, 3.05) is 19.6 Å². The molecule has 0 bridgehead atoms. The number of aliphatic imine (C=N–C) groups is 1. The Hall–Kier alpha value is -3.83. The summed E-state index contributed by atoms with van der Waals surface area (Å²) in [6.45, 7) is -0.426. The van der Waals surface area contributed by atoms with Gasteiger partial charge in [0.15, 0.2) is 0 Å². The predicted molar refractivity (Wildman–Crippen MR) is 146 cm³/mol. The Bertz CT molecular complexity index is 1100. The average molecular weight is 555 g/mol. The number of nitrogens with one attached hydrogen (secondary N) is 4. The molecule has 4 aliphatic rings. The van der Waals surface area contributed by atoms with Crippen LogP contribution in [0.1, 0.15) is 64.2 Å². The number of likely N-dealkylation sites (tertiary alicyclic amines) is 1. The summed E-state index contributed by atoms with van der Waals surface area (Å²) in [7, 11) is 0. The summed E-state index contributed by atoms with van der Waals surface area (Å²) in [5.41, 5.74) is 0.216. The van der Waals surface area contributed by atoms with Crippen LogP contribution >= 0.6 is 0 Å². The van der Waals surface area contributed by atoms with Crippen LogP contribution in [0.5, 0.6) is 0 Å². The van der Waals surface area contributed by atoms with Gasteiger partial charge >= 0.3 is 0 Å². The highest BCUT2D eigenvalue weighted by atomic mass is 16.2. The minimum Gasteiger partial charge on any atom is -0.347 e. The Morgan fingerprint density at radius 2 is 1.68 bits per heavy atom. The van der Waals surface area contributed by atoms with Crippen LogP contribution in [0, 0.1) is 5.92 Å². The van der Waals surface area contributed by atoms with Crippen molar-refractivity contribution in [3.05, 3.63) is 24.4 Å². The molecule has 4 N–H and O–H groups in total. The molecule has 0 aromatic heterocycles. The van der Waals surface area contributed by atoms with Gasteiger partial charge in [0.25, 0.3) is 11.8 Å². The molecule has 12 heteroatoms. The Balaban J connectivity index is 1.30. The normalized spacial score (nSPS) is 21.6. The van der Waals surface area contributed by atoms with Crippen molar-refractivity contribution in [1.82, 2.24) is 26.2 Å². The van der Waals surface area contributed by atoms with Gasteiger partial charge in [0, 0.05) is 18.8 Å². The van der Waals surface area contributed by atoms with Crippen LogP contribution in [-0.2, 0) is 28.8 Å². The molecule has 1 saturated heterocycles. The fourth-order valence-electron chi connectivity index (χ4n) is 5.28. The second kappa shape index (κ2) is 14.0. The number of Topliss-reactive ketones (excluding diaryl/α,β-unsaturated/α-hetero) is 1. The molecule has 0 aromatic carbocycles. The molecule has 40 heavy (non-hydrogen) atoms. The van der Waals surface area contributed by atoms with Crippen LogP contribution in [-0.4, -0.2) is 83.7 Å². The highest BCUT2D eigenvalue weighted by Crippen LogP contribution is 2.27. The molecule has 2 aliphatic heterocycles. The quantitative estimate of drug-likeness (QED) is 0.263. The Morgan fingerprint density at radius 1 is 0.900 bits per heavy atom. The second-order valence-electron chi connectivity index (χ2n) is 10.7. The van der Waals surface area contributed by atoms with Crippen molar-refractivity contribution in [3.8, 4) is 0 Å². The van der Waals surface area contributed by atoms with E-state index in [0.717, 1.165) is 44.9 Å². The molecular weight excluding hydrogens is 516 g/mol. The smallest absolute Gasteiger partial charge is 0.289 e. The summed E-state index contributed by atoms with van der Waals surface area (Å²) >= 11 is 0. The highest BCUT2D eigenvalue weighted by molar-refractivity contribution is 6.43. The number of hydrogen-bond acceptors (Lipinski definition) is 7. The van der Waals surface area contributed by atoms with E-state index in [1.54, 1.807) is 12.3 Å². The van der Waals surface area contributed by atoms with E-state index >= 15 is 0 Å². The third kappa shape index (κ3) is 8.09. The number of rotatable bonds is 11. The van der Waals surface area contributed by atoms with Crippen LogP contribution in [0.4, 0.5) is 0 Å². The number of hydrogen-bond donors (Lipinski definition) is 4. The van der Waals surface area contributed by atoms with Crippen LogP contribution in [0.3, 0.4) is 0 Å². The maximum absolute atomic E-state index is 13.3. The van der Waals surface area contributed by atoms with Crippen molar-refractivity contribution in [1.29, 1.82) is 0 Å². The van der Waals surface area contributed by atoms with Crippen molar-refractivity contribution < 1.29 is 28.8 Å². The molecule has 2 saturated carbocycles. The number of ketones is 1. The first-order valence-electron chi connectivity index (χ1n) is 14.2. The highest BCUT2D eigenvalue weighted by Gasteiger charge is 2.36. The van der Waals surface area contributed by atoms with Gasteiger partial charge in [-0.1, -0.05) is 31.4 Å². The maximum Gasteiger partial charge on any atom is 0.289 e. The van der Waals surface area contributed by atoms with Gasteiger partial charge in [-0.05, 0) is 56.9 Å². The van der Waals surface area contributed by atoms with E-state index in [2.05, 4.69) is 26.3 Å². The first-order valence-corrected chi connectivity index (χ1v) is 14.2. The second-order valence-corrected chi connectivity index (χ2v) is 10.7. The maximum atomic E-state index is 13.3. The van der Waals surface area contributed by atoms with Gasteiger partial charge < -0.3 is 26.2 Å². The molecule has 0 radical (unpaired) electrons. The minimum atomic E-state index is -0.811. The summed E-state index contributed by atoms with van der Waals surface area (Å²) in [5.74, 6) is -3.35. The van der Waals surface area contributed by atoms with Gasteiger partial charge in [0.05, 0.1) is 13.1 Å². The molecule has 2 heterocycles. The van der Waals surface area contributed by atoms with Crippen LogP contribution in [0.2, 0.25) is 0 Å². The molecule has 4 rings (SSSR count). The van der Waals surface area contributed by atoms with Crippen LogP contribution < -0.4 is 21.3 Å². The molecule has 0 aromatic rings. The zero-order valence-corrected chi connectivity index (χ0v) is 22.7. The molecule has 3 fully saturated rings. The van der Waals surface area contributed by atoms with Gasteiger partial charge in [-0.15, -0.1) is 0 Å². The Labute approximate surface area is 233 Å². The van der Waals surface area contributed by atoms with Gasteiger partial charge in [0.1, 0.15) is 17.8 Å². The minimum absolute atomic E-state index is 0.0379. The van der Waals surface area contributed by atoms with Gasteiger partial charge in [-0.25, -0.2) is 0 Å². The lowest BCUT2D eigenvalue weighted by Crippen LogP contribution is -2.55. The summed E-state index contributed by atoms with van der Waals surface area (Å²) in [4.78, 5) is 81.3. The zero-order valence-electron chi connectivity index (χ0n) is 22.7. The number of carbonyl (C=O) groups is 6. The van der Waals surface area contributed by atoms with Crippen molar-refractivity contribution in [2.45, 2.75) is 82.3 Å². The summed E-state index contributed by atoms with van der Waals surface area (Å²) < 4.78 is 0. The van der Waals surface area contributed by atoms with Crippen molar-refractivity contribution >= 4 is 41.0 Å². The zero-order chi connectivity index (χ0) is 28.5. The van der Waals surface area contributed by atoms with Gasteiger partial charge in [0.2, 0.25) is 23.5 Å². The summed E-state index contributed by atoms with van der Waals surface area (Å²) in [6.07, 6.45) is 14.8. The summed E-state index contributed by atoms with van der Waals surface area (Å²) in [5, 5.41) is 10.6. The molecule has 12 nitrogen and oxygen atoms in total. The van der Waals surface area contributed by atoms with E-state index < -0.39 is 53.9 Å². The topological polar surface area (TPSA) is 166 Å². The Morgan fingerprint density at radius 3 is 2.42 bits per heavy atom. The van der Waals surface area contributed by atoms with Crippen LogP contribution in [0.25, 0.3) is 0 Å². The first kappa shape index (κ1) is 29.2. The lowest BCUT2D eigenvalue weighted by Gasteiger charge is -2.30. The molecule has 2 unspecified atom stereocenters. The number of amides is 5. The first-order chi connectivity index (χ1) is 19.3. The van der Waals surface area contributed by atoms with Gasteiger partial charge in [-0.2, -0.15) is 0 Å². The molecule has 2 atom stereocenters. The third-order valence-corrected chi connectivity index (χ3v) is 7.67. The van der Waals surface area contributed by atoms with E-state index in [4.69, 9.17) is 0 Å². The molecule has 0 spiro atoms. The predicted octanol–water partition coefficient (Wildman–Crippen LogP) is 0.0372. The monoisotopic (exact) mass is 554 g/mol. The fourth-order valence-corrected chi connectivity index (χ4v) is 5.28. The van der Waals surface area contributed by atoms with E-state index in [9.17, 15) is 28.8 Å². The third-order valence-electron chi connectivity index (χ3n) is 7.67. The molecular formula is C28H38N6O6. The van der Waals surface area contributed by atoms with Crippen LogP contribution in [0.15, 0.2) is 29.4 Å². The van der Waals surface area contributed by atoms with Gasteiger partial charge in [-0.3, -0.25) is 33.8 Å². The van der Waals surface area contributed by atoms with E-state index in [-0.39, 0.29) is 24.2 Å². The van der Waals surface area contributed by atoms with Crippen molar-refractivity contribution in [3.63, 3.8) is 0 Å². The van der Waals surface area contributed by atoms with E-state index in [0.29, 0.717) is 25.8 Å². The lowest BCUT2D eigenvalue weighted by molar-refractivity contribution is -0.140. The largest absolute Gasteiger partial charge is 0.347 e. The fraction of sp³-hybridized carbons (Fsp3) is 0.607. The van der Waals surface area contributed by atoms with E-state index in [1.165, 1.54) is 4.90 Å². The Kier molecular flexibility index (Phi) is 10.2.